The van der Waals surface area contributed by atoms with Crippen LogP contribution in [0.25, 0.3) is 28.2 Å². The fourth-order valence-electron chi connectivity index (χ4n) is 3.37. The minimum Gasteiger partial charge on any atom is -0.220 e. The Bertz CT molecular complexity index is 1210. The van der Waals surface area contributed by atoms with Crippen molar-refractivity contribution in [2.75, 3.05) is 0 Å². The number of nitrogens with zero attached hydrogens (tertiary/aromatic N) is 4. The second kappa shape index (κ2) is 7.08. The summed E-state index contributed by atoms with van der Waals surface area (Å²) in [4.78, 5) is 8.98. The van der Waals surface area contributed by atoms with Crippen molar-refractivity contribution in [3.05, 3.63) is 109 Å². The highest BCUT2D eigenvalue weighted by Gasteiger charge is 2.10. The van der Waals surface area contributed by atoms with Gasteiger partial charge in [-0.2, -0.15) is 9.50 Å². The van der Waals surface area contributed by atoms with E-state index in [-0.39, 0.29) is 0 Å². The SMILES string of the molecule is c1ccc(Cc2nc3nccc(-c4ccc(-c5ccccc5)cc4)n3n2)cc1. The van der Waals surface area contributed by atoms with E-state index in [1.165, 1.54) is 16.7 Å². The molecule has 4 heteroatoms. The van der Waals surface area contributed by atoms with E-state index < -0.39 is 0 Å². The second-order valence-electron chi connectivity index (χ2n) is 6.68. The molecule has 0 saturated carbocycles. The zero-order valence-corrected chi connectivity index (χ0v) is 15.2. The van der Waals surface area contributed by atoms with Gasteiger partial charge in [0, 0.05) is 18.2 Å². The molecule has 28 heavy (non-hydrogen) atoms. The van der Waals surface area contributed by atoms with Gasteiger partial charge in [0.05, 0.1) is 5.69 Å². The quantitative estimate of drug-likeness (QED) is 0.449. The van der Waals surface area contributed by atoms with Gasteiger partial charge in [-0.25, -0.2) is 4.98 Å². The van der Waals surface area contributed by atoms with Crippen LogP contribution in [0.15, 0.2) is 97.2 Å². The molecule has 134 valence electrons. The molecular formula is C24H18N4. The molecule has 0 saturated heterocycles. The Morgan fingerprint density at radius 1 is 0.643 bits per heavy atom. The summed E-state index contributed by atoms with van der Waals surface area (Å²) in [6.45, 7) is 0. The topological polar surface area (TPSA) is 43.1 Å². The van der Waals surface area contributed by atoms with Crippen molar-refractivity contribution in [2.24, 2.45) is 0 Å². The Morgan fingerprint density at radius 3 is 2.04 bits per heavy atom. The molecule has 5 rings (SSSR count). The van der Waals surface area contributed by atoms with E-state index in [9.17, 15) is 0 Å². The summed E-state index contributed by atoms with van der Waals surface area (Å²) >= 11 is 0. The van der Waals surface area contributed by atoms with E-state index in [0.29, 0.717) is 12.2 Å². The first-order valence-electron chi connectivity index (χ1n) is 9.27. The molecule has 3 aromatic carbocycles. The molecule has 0 aliphatic heterocycles. The maximum absolute atomic E-state index is 4.71. The summed E-state index contributed by atoms with van der Waals surface area (Å²) in [5.74, 6) is 1.39. The molecule has 2 aromatic heterocycles. The van der Waals surface area contributed by atoms with Gasteiger partial charge in [-0.3, -0.25) is 0 Å². The average Bonchev–Trinajstić information content (AvgIpc) is 3.18. The van der Waals surface area contributed by atoms with Crippen molar-refractivity contribution in [1.82, 2.24) is 19.6 Å². The molecule has 0 aliphatic carbocycles. The van der Waals surface area contributed by atoms with Crippen molar-refractivity contribution in [3.63, 3.8) is 0 Å². The highest BCUT2D eigenvalue weighted by molar-refractivity contribution is 5.69. The van der Waals surface area contributed by atoms with Gasteiger partial charge in [0.15, 0.2) is 5.82 Å². The zero-order valence-electron chi connectivity index (χ0n) is 15.2. The molecule has 0 spiro atoms. The van der Waals surface area contributed by atoms with E-state index in [0.717, 1.165) is 17.1 Å². The van der Waals surface area contributed by atoms with Gasteiger partial charge in [0.1, 0.15) is 0 Å². The summed E-state index contributed by atoms with van der Waals surface area (Å²) in [5, 5.41) is 4.71. The molecule has 0 atom stereocenters. The van der Waals surface area contributed by atoms with E-state index in [2.05, 4.69) is 70.6 Å². The molecule has 0 amide bonds. The Labute approximate surface area is 163 Å². The van der Waals surface area contributed by atoms with E-state index in [4.69, 9.17) is 5.10 Å². The number of fused-ring (bicyclic) bond motifs is 1. The third kappa shape index (κ3) is 3.16. The zero-order chi connectivity index (χ0) is 18.8. The lowest BCUT2D eigenvalue weighted by Gasteiger charge is -2.06. The van der Waals surface area contributed by atoms with Crippen molar-refractivity contribution in [2.45, 2.75) is 6.42 Å². The first kappa shape index (κ1) is 16.4. The minimum atomic E-state index is 0.621. The lowest BCUT2D eigenvalue weighted by Crippen LogP contribution is -1.96. The molecule has 0 radical (unpaired) electrons. The number of hydrogen-bond donors (Lipinski definition) is 0. The number of rotatable bonds is 4. The molecule has 0 aliphatic rings. The number of benzene rings is 3. The molecule has 4 nitrogen and oxygen atoms in total. The lowest BCUT2D eigenvalue weighted by atomic mass is 10.0. The highest BCUT2D eigenvalue weighted by atomic mass is 15.3. The molecule has 2 heterocycles. The van der Waals surface area contributed by atoms with Crippen LogP contribution in [-0.4, -0.2) is 19.6 Å². The van der Waals surface area contributed by atoms with Crippen LogP contribution in [0, 0.1) is 0 Å². The fourth-order valence-corrected chi connectivity index (χ4v) is 3.37. The van der Waals surface area contributed by atoms with Gasteiger partial charge < -0.3 is 0 Å². The van der Waals surface area contributed by atoms with Crippen LogP contribution in [0.2, 0.25) is 0 Å². The maximum atomic E-state index is 4.71. The Balaban J connectivity index is 1.50. The van der Waals surface area contributed by atoms with Gasteiger partial charge in [-0.1, -0.05) is 84.9 Å². The van der Waals surface area contributed by atoms with Crippen molar-refractivity contribution >= 4 is 5.78 Å². The summed E-state index contributed by atoms with van der Waals surface area (Å²) in [7, 11) is 0. The number of hydrogen-bond acceptors (Lipinski definition) is 3. The smallest absolute Gasteiger partial charge is 0.220 e. The normalized spacial score (nSPS) is 11.0. The predicted octanol–water partition coefficient (Wildman–Crippen LogP) is 5.05. The average molecular weight is 362 g/mol. The van der Waals surface area contributed by atoms with Gasteiger partial charge >= 0.3 is 0 Å². The van der Waals surface area contributed by atoms with Crippen LogP contribution < -0.4 is 0 Å². The Morgan fingerprint density at radius 2 is 1.29 bits per heavy atom. The Kier molecular flexibility index (Phi) is 4.14. The summed E-state index contributed by atoms with van der Waals surface area (Å²) in [6.07, 6.45) is 2.48. The van der Waals surface area contributed by atoms with Crippen LogP contribution in [0.3, 0.4) is 0 Å². The molecule has 0 bridgehead atoms. The van der Waals surface area contributed by atoms with Crippen molar-refractivity contribution in [1.29, 1.82) is 0 Å². The van der Waals surface area contributed by atoms with Gasteiger partial charge in [0.25, 0.3) is 5.78 Å². The summed E-state index contributed by atoms with van der Waals surface area (Å²) in [5.41, 5.74) is 5.66. The van der Waals surface area contributed by atoms with Gasteiger partial charge in [0.2, 0.25) is 0 Å². The van der Waals surface area contributed by atoms with E-state index in [1.54, 1.807) is 6.20 Å². The first-order valence-corrected chi connectivity index (χ1v) is 9.27. The van der Waals surface area contributed by atoms with Crippen LogP contribution in [0.5, 0.6) is 0 Å². The van der Waals surface area contributed by atoms with Crippen LogP contribution in [-0.2, 0) is 6.42 Å². The van der Waals surface area contributed by atoms with Gasteiger partial charge in [-0.15, -0.1) is 5.10 Å². The second-order valence-corrected chi connectivity index (χ2v) is 6.68. The van der Waals surface area contributed by atoms with Crippen LogP contribution in [0.1, 0.15) is 11.4 Å². The Hall–Kier alpha value is -3.79. The van der Waals surface area contributed by atoms with Crippen LogP contribution in [0.4, 0.5) is 0 Å². The molecule has 0 unspecified atom stereocenters. The maximum Gasteiger partial charge on any atom is 0.252 e. The van der Waals surface area contributed by atoms with E-state index in [1.807, 2.05) is 34.8 Å². The van der Waals surface area contributed by atoms with Gasteiger partial charge in [-0.05, 0) is 22.8 Å². The third-order valence-electron chi connectivity index (χ3n) is 4.78. The lowest BCUT2D eigenvalue weighted by molar-refractivity contribution is 0.898. The summed E-state index contributed by atoms with van der Waals surface area (Å²) < 4.78 is 1.83. The number of aromatic nitrogens is 4. The standard InChI is InChI=1S/C24H18N4/c1-3-7-18(8-4-1)17-23-26-24-25-16-15-22(28(24)27-23)21-13-11-20(12-14-21)19-9-5-2-6-10-19/h1-16H,17H2. The largest absolute Gasteiger partial charge is 0.252 e. The van der Waals surface area contributed by atoms with Crippen molar-refractivity contribution < 1.29 is 0 Å². The molecular weight excluding hydrogens is 344 g/mol. The molecule has 5 aromatic rings. The van der Waals surface area contributed by atoms with E-state index >= 15 is 0 Å². The fraction of sp³-hybridized carbons (Fsp3) is 0.0417. The van der Waals surface area contributed by atoms with Crippen molar-refractivity contribution in [3.8, 4) is 22.4 Å². The van der Waals surface area contributed by atoms with Crippen LogP contribution >= 0.6 is 0 Å². The minimum absolute atomic E-state index is 0.621. The summed E-state index contributed by atoms with van der Waals surface area (Å²) in [6, 6.07) is 31.1. The molecule has 0 fully saturated rings. The monoisotopic (exact) mass is 362 g/mol. The first-order chi connectivity index (χ1) is 13.9. The predicted molar refractivity (Wildman–Crippen MR) is 111 cm³/mol. The highest BCUT2D eigenvalue weighted by Crippen LogP contribution is 2.24. The third-order valence-corrected chi connectivity index (χ3v) is 4.78. The molecule has 0 N–H and O–H groups in total.